The fraction of sp³-hybridized carbons (Fsp3) is 0.364. The summed E-state index contributed by atoms with van der Waals surface area (Å²) in [7, 11) is 1.60. The minimum absolute atomic E-state index is 0.114. The summed E-state index contributed by atoms with van der Waals surface area (Å²) in [6.45, 7) is 5.91. The number of piperazine rings is 1. The summed E-state index contributed by atoms with van der Waals surface area (Å²) in [5.41, 5.74) is 1.59. The lowest BCUT2D eigenvalue weighted by molar-refractivity contribution is 0.140. The van der Waals surface area contributed by atoms with Crippen molar-refractivity contribution in [2.24, 2.45) is 0 Å². The number of nitrogens with one attached hydrogen (secondary N) is 1. The first-order chi connectivity index (χ1) is 15.7. The number of methoxy groups -OCH3 is 1. The van der Waals surface area contributed by atoms with Crippen LogP contribution >= 0.6 is 0 Å². The molecule has 0 aliphatic carbocycles. The number of benzene rings is 2. The van der Waals surface area contributed by atoms with E-state index in [1.807, 2.05) is 54.3 Å². The molecule has 1 aromatic heterocycles. The number of carbonyl (C=O) groups excluding carboxylic acids is 1. The number of anilines is 1. The molecule has 0 atom stereocenters. The second-order valence-corrected chi connectivity index (χ2v) is 7.36. The van der Waals surface area contributed by atoms with Crippen LogP contribution in [-0.4, -0.2) is 75.9 Å². The van der Waals surface area contributed by atoms with Crippen LogP contribution in [0.5, 0.6) is 11.5 Å². The van der Waals surface area contributed by atoms with Gasteiger partial charge in [-0.15, -0.1) is 5.10 Å². The first kappa shape index (κ1) is 21.6. The maximum Gasteiger partial charge on any atom is 0.321 e. The molecule has 1 aliphatic heterocycles. The standard InChI is InChI=1S/C22H27N7O3/c1-3-32-19-9-7-18(8-10-19)29-21(24-25-26-29)16-27-11-13-28(14-12-27)22(30)23-17-5-4-6-20(15-17)31-2/h4-10,15H,3,11-14,16H2,1-2H3,(H,23,30). The van der Waals surface area contributed by atoms with Crippen LogP contribution in [0.2, 0.25) is 0 Å². The van der Waals surface area contributed by atoms with E-state index in [0.29, 0.717) is 37.7 Å². The number of amides is 2. The third-order valence-electron chi connectivity index (χ3n) is 5.27. The van der Waals surface area contributed by atoms with Gasteiger partial charge in [0.05, 0.1) is 25.9 Å². The van der Waals surface area contributed by atoms with Crippen molar-refractivity contribution in [3.8, 4) is 17.2 Å². The Kier molecular flexibility index (Phi) is 6.81. The third kappa shape index (κ3) is 5.14. The number of urea groups is 1. The van der Waals surface area contributed by atoms with Crippen molar-refractivity contribution in [2.75, 3.05) is 45.2 Å². The summed E-state index contributed by atoms with van der Waals surface area (Å²) in [5.74, 6) is 2.27. The minimum atomic E-state index is -0.114. The van der Waals surface area contributed by atoms with Gasteiger partial charge in [0, 0.05) is 37.9 Å². The van der Waals surface area contributed by atoms with Crippen molar-refractivity contribution in [2.45, 2.75) is 13.5 Å². The fourth-order valence-corrected chi connectivity index (χ4v) is 3.57. The molecule has 168 valence electrons. The van der Waals surface area contributed by atoms with Gasteiger partial charge in [0.25, 0.3) is 0 Å². The number of tetrazole rings is 1. The molecule has 10 nitrogen and oxygen atoms in total. The first-order valence-electron chi connectivity index (χ1n) is 10.6. The Labute approximate surface area is 186 Å². The second-order valence-electron chi connectivity index (χ2n) is 7.36. The summed E-state index contributed by atoms with van der Waals surface area (Å²) in [6.07, 6.45) is 0. The molecule has 2 amide bonds. The molecule has 0 spiro atoms. The van der Waals surface area contributed by atoms with Gasteiger partial charge in [0.15, 0.2) is 5.82 Å². The van der Waals surface area contributed by atoms with Gasteiger partial charge in [0.2, 0.25) is 0 Å². The van der Waals surface area contributed by atoms with E-state index in [1.165, 1.54) is 0 Å². The molecule has 1 fully saturated rings. The maximum absolute atomic E-state index is 12.6. The lowest BCUT2D eigenvalue weighted by atomic mass is 10.3. The van der Waals surface area contributed by atoms with Gasteiger partial charge >= 0.3 is 6.03 Å². The van der Waals surface area contributed by atoms with Crippen molar-refractivity contribution < 1.29 is 14.3 Å². The van der Waals surface area contributed by atoms with E-state index in [2.05, 4.69) is 25.7 Å². The molecular weight excluding hydrogens is 410 g/mol. The Balaban J connectivity index is 1.32. The van der Waals surface area contributed by atoms with Crippen molar-refractivity contribution in [3.05, 3.63) is 54.4 Å². The molecule has 0 unspecified atom stereocenters. The molecule has 0 saturated carbocycles. The van der Waals surface area contributed by atoms with Crippen molar-refractivity contribution >= 4 is 11.7 Å². The number of carbonyl (C=O) groups is 1. The number of rotatable bonds is 7. The smallest absolute Gasteiger partial charge is 0.321 e. The molecule has 32 heavy (non-hydrogen) atoms. The predicted molar refractivity (Wildman–Crippen MR) is 119 cm³/mol. The van der Waals surface area contributed by atoms with Crippen molar-refractivity contribution in [1.29, 1.82) is 0 Å². The normalized spacial score (nSPS) is 14.2. The van der Waals surface area contributed by atoms with Gasteiger partial charge in [-0.3, -0.25) is 4.90 Å². The lowest BCUT2D eigenvalue weighted by Crippen LogP contribution is -2.49. The van der Waals surface area contributed by atoms with Gasteiger partial charge in [-0.1, -0.05) is 6.07 Å². The molecule has 1 aliphatic rings. The van der Waals surface area contributed by atoms with Crippen LogP contribution in [0.3, 0.4) is 0 Å². The van der Waals surface area contributed by atoms with Crippen LogP contribution in [0.15, 0.2) is 48.5 Å². The topological polar surface area (TPSA) is 97.6 Å². The monoisotopic (exact) mass is 437 g/mol. The van der Waals surface area contributed by atoms with E-state index in [-0.39, 0.29) is 6.03 Å². The first-order valence-corrected chi connectivity index (χ1v) is 10.6. The Morgan fingerprint density at radius 1 is 1.06 bits per heavy atom. The molecule has 2 aromatic carbocycles. The Morgan fingerprint density at radius 3 is 2.56 bits per heavy atom. The zero-order valence-corrected chi connectivity index (χ0v) is 18.3. The van der Waals surface area contributed by atoms with Gasteiger partial charge in [0.1, 0.15) is 11.5 Å². The summed E-state index contributed by atoms with van der Waals surface area (Å²) in [6, 6.07) is 14.9. The van der Waals surface area contributed by atoms with Gasteiger partial charge < -0.3 is 19.7 Å². The van der Waals surface area contributed by atoms with Crippen LogP contribution < -0.4 is 14.8 Å². The number of nitrogens with zero attached hydrogens (tertiary/aromatic N) is 6. The highest BCUT2D eigenvalue weighted by atomic mass is 16.5. The van der Waals surface area contributed by atoms with Crippen molar-refractivity contribution in [1.82, 2.24) is 30.0 Å². The average Bonchev–Trinajstić information content (AvgIpc) is 3.28. The third-order valence-corrected chi connectivity index (χ3v) is 5.27. The summed E-state index contributed by atoms with van der Waals surface area (Å²) in [4.78, 5) is 16.7. The Morgan fingerprint density at radius 2 is 1.84 bits per heavy atom. The summed E-state index contributed by atoms with van der Waals surface area (Å²) >= 11 is 0. The molecule has 0 bridgehead atoms. The van der Waals surface area contributed by atoms with Crippen LogP contribution in [0.1, 0.15) is 12.7 Å². The molecule has 10 heteroatoms. The van der Waals surface area contributed by atoms with Gasteiger partial charge in [-0.25, -0.2) is 4.79 Å². The van der Waals surface area contributed by atoms with Gasteiger partial charge in [-0.2, -0.15) is 4.68 Å². The van der Waals surface area contributed by atoms with E-state index in [1.54, 1.807) is 17.9 Å². The largest absolute Gasteiger partial charge is 0.497 e. The van der Waals surface area contributed by atoms with E-state index < -0.39 is 0 Å². The molecule has 3 aromatic rings. The quantitative estimate of drug-likeness (QED) is 0.606. The van der Waals surface area contributed by atoms with E-state index in [0.717, 1.165) is 30.4 Å². The van der Waals surface area contributed by atoms with Crippen molar-refractivity contribution in [3.63, 3.8) is 0 Å². The minimum Gasteiger partial charge on any atom is -0.497 e. The highest BCUT2D eigenvalue weighted by Crippen LogP contribution is 2.18. The number of ether oxygens (including phenoxy) is 2. The van der Waals surface area contributed by atoms with Crippen LogP contribution in [0, 0.1) is 0 Å². The SMILES string of the molecule is CCOc1ccc(-n2nnnc2CN2CCN(C(=O)Nc3cccc(OC)c3)CC2)cc1. The summed E-state index contributed by atoms with van der Waals surface area (Å²) in [5, 5.41) is 15.1. The zero-order valence-electron chi connectivity index (χ0n) is 18.3. The number of hydrogen-bond donors (Lipinski definition) is 1. The predicted octanol–water partition coefficient (Wildman–Crippen LogP) is 2.42. The fourth-order valence-electron chi connectivity index (χ4n) is 3.57. The summed E-state index contributed by atoms with van der Waals surface area (Å²) < 4.78 is 12.4. The molecule has 4 rings (SSSR count). The molecule has 1 N–H and O–H groups in total. The number of aromatic nitrogens is 4. The van der Waals surface area contributed by atoms with Crippen LogP contribution in [0.25, 0.3) is 5.69 Å². The highest BCUT2D eigenvalue weighted by molar-refractivity contribution is 5.89. The second kappa shape index (κ2) is 10.1. The van der Waals surface area contributed by atoms with E-state index >= 15 is 0 Å². The zero-order chi connectivity index (χ0) is 22.3. The molecule has 1 saturated heterocycles. The van der Waals surface area contributed by atoms with Gasteiger partial charge in [-0.05, 0) is 53.7 Å². The van der Waals surface area contributed by atoms with Crippen LogP contribution in [0.4, 0.5) is 10.5 Å². The molecule has 2 heterocycles. The highest BCUT2D eigenvalue weighted by Gasteiger charge is 2.23. The van der Waals surface area contributed by atoms with E-state index in [9.17, 15) is 4.79 Å². The van der Waals surface area contributed by atoms with Crippen LogP contribution in [-0.2, 0) is 6.54 Å². The molecular formula is C22H27N7O3. The lowest BCUT2D eigenvalue weighted by Gasteiger charge is -2.34. The number of hydrogen-bond acceptors (Lipinski definition) is 7. The molecule has 0 radical (unpaired) electrons. The Hall–Kier alpha value is -3.66. The van der Waals surface area contributed by atoms with E-state index in [4.69, 9.17) is 9.47 Å². The average molecular weight is 438 g/mol. The maximum atomic E-state index is 12.6. The Bertz CT molecular complexity index is 1030.